The van der Waals surface area contributed by atoms with Crippen molar-refractivity contribution in [2.45, 2.75) is 38.4 Å². The van der Waals surface area contributed by atoms with E-state index in [0.29, 0.717) is 18.8 Å². The molecule has 2 unspecified atom stereocenters. The summed E-state index contributed by atoms with van der Waals surface area (Å²) in [6.07, 6.45) is 3.43. The third-order valence-corrected chi connectivity index (χ3v) is 2.50. The van der Waals surface area contributed by atoms with Gasteiger partial charge in [-0.1, -0.05) is 6.92 Å². The van der Waals surface area contributed by atoms with Crippen LogP contribution in [-0.4, -0.2) is 24.8 Å². The Labute approximate surface area is 72.0 Å². The first-order chi connectivity index (χ1) is 5.81. The minimum absolute atomic E-state index is 0.0207. The van der Waals surface area contributed by atoms with Crippen LogP contribution in [0.15, 0.2) is 0 Å². The highest BCUT2D eigenvalue weighted by molar-refractivity contribution is 5.73. The lowest BCUT2D eigenvalue weighted by Crippen LogP contribution is -2.17. The molecule has 0 N–H and O–H groups in total. The van der Waals surface area contributed by atoms with E-state index in [0.717, 1.165) is 19.3 Å². The van der Waals surface area contributed by atoms with E-state index in [1.54, 1.807) is 0 Å². The highest BCUT2D eigenvalue weighted by atomic mass is 16.6. The summed E-state index contributed by atoms with van der Waals surface area (Å²) in [5.41, 5.74) is 0. The van der Waals surface area contributed by atoms with Gasteiger partial charge < -0.3 is 9.47 Å². The van der Waals surface area contributed by atoms with Gasteiger partial charge >= 0.3 is 5.97 Å². The summed E-state index contributed by atoms with van der Waals surface area (Å²) in [7, 11) is 0. The highest BCUT2D eigenvalue weighted by Gasteiger charge is 2.50. The van der Waals surface area contributed by atoms with Crippen LogP contribution in [0.3, 0.4) is 0 Å². The average molecular weight is 170 g/mol. The van der Waals surface area contributed by atoms with Gasteiger partial charge in [0.1, 0.15) is 0 Å². The zero-order valence-electron chi connectivity index (χ0n) is 7.29. The van der Waals surface area contributed by atoms with Gasteiger partial charge in [0.25, 0.3) is 0 Å². The third kappa shape index (κ3) is 1.46. The number of ether oxygens (including phenoxy) is 2. The molecule has 2 aliphatic rings. The van der Waals surface area contributed by atoms with Gasteiger partial charge in [-0.15, -0.1) is 0 Å². The maximum absolute atomic E-state index is 11.3. The molecule has 0 radical (unpaired) electrons. The number of epoxide rings is 1. The van der Waals surface area contributed by atoms with Crippen molar-refractivity contribution >= 4 is 5.97 Å². The predicted octanol–water partition coefficient (Wildman–Crippen LogP) is 1.12. The molecule has 0 amide bonds. The summed E-state index contributed by atoms with van der Waals surface area (Å²) in [4.78, 5) is 11.3. The second kappa shape index (κ2) is 3.05. The number of carbonyl (C=O) groups is 1. The normalized spacial score (nSPS) is 37.6. The Hall–Kier alpha value is -0.570. The van der Waals surface area contributed by atoms with Gasteiger partial charge in [0.2, 0.25) is 0 Å². The Balaban J connectivity index is 1.73. The average Bonchev–Trinajstić information content (AvgIpc) is 2.69. The quantitative estimate of drug-likeness (QED) is 0.470. The molecule has 0 aromatic heterocycles. The summed E-state index contributed by atoms with van der Waals surface area (Å²) in [5.74, 6) is 0.105. The summed E-state index contributed by atoms with van der Waals surface area (Å²) in [6, 6.07) is 0. The Bertz CT molecular complexity index is 180. The minimum atomic E-state index is -0.0207. The van der Waals surface area contributed by atoms with E-state index in [4.69, 9.17) is 9.47 Å². The van der Waals surface area contributed by atoms with Crippen molar-refractivity contribution in [2.75, 3.05) is 6.61 Å². The molecule has 68 valence electrons. The molecule has 2 rings (SSSR count). The summed E-state index contributed by atoms with van der Waals surface area (Å²) >= 11 is 0. The fourth-order valence-electron chi connectivity index (χ4n) is 1.76. The molecular weight excluding hydrogens is 156 g/mol. The van der Waals surface area contributed by atoms with Crippen LogP contribution in [0.25, 0.3) is 0 Å². The number of rotatable bonds is 3. The minimum Gasteiger partial charge on any atom is -0.465 e. The topological polar surface area (TPSA) is 38.8 Å². The van der Waals surface area contributed by atoms with E-state index >= 15 is 0 Å². The van der Waals surface area contributed by atoms with E-state index in [-0.39, 0.29) is 11.9 Å². The maximum Gasteiger partial charge on any atom is 0.309 e. The molecule has 1 aliphatic carbocycles. The molecule has 12 heavy (non-hydrogen) atoms. The van der Waals surface area contributed by atoms with Gasteiger partial charge in [0, 0.05) is 0 Å². The van der Waals surface area contributed by atoms with Gasteiger partial charge in [-0.25, -0.2) is 0 Å². The number of hydrogen-bond donors (Lipinski definition) is 0. The molecule has 0 aromatic rings. The van der Waals surface area contributed by atoms with Crippen LogP contribution in [0.4, 0.5) is 0 Å². The van der Waals surface area contributed by atoms with Crippen molar-refractivity contribution in [1.82, 2.24) is 0 Å². The van der Waals surface area contributed by atoms with Gasteiger partial charge in [-0.2, -0.15) is 0 Å². The van der Waals surface area contributed by atoms with Crippen LogP contribution < -0.4 is 0 Å². The van der Waals surface area contributed by atoms with Crippen LogP contribution >= 0.6 is 0 Å². The predicted molar refractivity (Wildman–Crippen MR) is 42.6 cm³/mol. The summed E-state index contributed by atoms with van der Waals surface area (Å²) in [5, 5.41) is 0. The van der Waals surface area contributed by atoms with Crippen molar-refractivity contribution in [1.29, 1.82) is 0 Å². The van der Waals surface area contributed by atoms with Gasteiger partial charge in [0.15, 0.2) is 0 Å². The van der Waals surface area contributed by atoms with Gasteiger partial charge in [-0.3, -0.25) is 4.79 Å². The van der Waals surface area contributed by atoms with Crippen LogP contribution in [0.2, 0.25) is 0 Å². The fraction of sp³-hybridized carbons (Fsp3) is 0.889. The largest absolute Gasteiger partial charge is 0.465 e. The maximum atomic E-state index is 11.3. The van der Waals surface area contributed by atoms with E-state index in [1.165, 1.54) is 0 Å². The van der Waals surface area contributed by atoms with Crippen LogP contribution in [-0.2, 0) is 14.3 Å². The second-order valence-electron chi connectivity index (χ2n) is 3.55. The van der Waals surface area contributed by atoms with Crippen LogP contribution in [0, 0.1) is 5.92 Å². The standard InChI is InChI=1S/C9H14O3/c1-2-3-11-9(10)6-4-7-8(5-6)12-7/h6-8H,2-5H2,1H3. The Morgan fingerprint density at radius 1 is 1.50 bits per heavy atom. The fourth-order valence-corrected chi connectivity index (χ4v) is 1.76. The van der Waals surface area contributed by atoms with Gasteiger partial charge in [-0.05, 0) is 19.3 Å². The summed E-state index contributed by atoms with van der Waals surface area (Å²) < 4.78 is 10.3. The zero-order chi connectivity index (χ0) is 8.55. The molecule has 2 fully saturated rings. The monoisotopic (exact) mass is 170 g/mol. The lowest BCUT2D eigenvalue weighted by molar-refractivity contribution is -0.149. The molecule has 1 heterocycles. The molecule has 2 atom stereocenters. The Morgan fingerprint density at radius 2 is 2.17 bits per heavy atom. The van der Waals surface area contributed by atoms with Crippen molar-refractivity contribution in [2.24, 2.45) is 5.92 Å². The van der Waals surface area contributed by atoms with Crippen molar-refractivity contribution in [3.05, 3.63) is 0 Å². The zero-order valence-corrected chi connectivity index (χ0v) is 7.29. The highest BCUT2D eigenvalue weighted by Crippen LogP contribution is 2.42. The molecule has 1 aliphatic heterocycles. The Kier molecular flexibility index (Phi) is 2.05. The molecule has 0 bridgehead atoms. The van der Waals surface area contributed by atoms with Crippen molar-refractivity contribution in [3.8, 4) is 0 Å². The molecule has 3 nitrogen and oxygen atoms in total. The number of esters is 1. The van der Waals surface area contributed by atoms with E-state index in [2.05, 4.69) is 0 Å². The SMILES string of the molecule is CCCOC(=O)C1CC2OC2C1. The molecule has 1 saturated heterocycles. The lowest BCUT2D eigenvalue weighted by atomic mass is 10.1. The van der Waals surface area contributed by atoms with E-state index < -0.39 is 0 Å². The van der Waals surface area contributed by atoms with Crippen molar-refractivity contribution in [3.63, 3.8) is 0 Å². The number of fused-ring (bicyclic) bond motifs is 1. The molecule has 0 spiro atoms. The second-order valence-corrected chi connectivity index (χ2v) is 3.55. The first-order valence-electron chi connectivity index (χ1n) is 4.63. The molecular formula is C9H14O3. The first kappa shape index (κ1) is 8.05. The molecule has 1 saturated carbocycles. The van der Waals surface area contributed by atoms with E-state index in [9.17, 15) is 4.79 Å². The van der Waals surface area contributed by atoms with Gasteiger partial charge in [0.05, 0.1) is 24.7 Å². The third-order valence-electron chi connectivity index (χ3n) is 2.50. The molecule has 0 aromatic carbocycles. The lowest BCUT2D eigenvalue weighted by Gasteiger charge is -2.09. The van der Waals surface area contributed by atoms with Crippen LogP contribution in [0.5, 0.6) is 0 Å². The van der Waals surface area contributed by atoms with Crippen LogP contribution in [0.1, 0.15) is 26.2 Å². The van der Waals surface area contributed by atoms with E-state index in [1.807, 2.05) is 6.92 Å². The number of carbonyl (C=O) groups excluding carboxylic acids is 1. The number of hydrogen-bond acceptors (Lipinski definition) is 3. The smallest absolute Gasteiger partial charge is 0.309 e. The Morgan fingerprint density at radius 3 is 2.75 bits per heavy atom. The first-order valence-corrected chi connectivity index (χ1v) is 4.63. The molecule has 3 heteroatoms. The van der Waals surface area contributed by atoms with Crippen molar-refractivity contribution < 1.29 is 14.3 Å². The summed E-state index contributed by atoms with van der Waals surface area (Å²) in [6.45, 7) is 2.56.